The normalized spacial score (nSPS) is 24.3. The molecule has 4 aliphatic rings. The highest BCUT2D eigenvalue weighted by molar-refractivity contribution is 8.01. The molecule has 4 heterocycles. The molecule has 4 aliphatic heterocycles. The lowest BCUT2D eigenvalue weighted by Crippen LogP contribution is -2.50. The second-order valence-electron chi connectivity index (χ2n) is 14.2. The van der Waals surface area contributed by atoms with Gasteiger partial charge in [-0.2, -0.15) is 0 Å². The fraction of sp³-hybridized carbons (Fsp3) is 0.571. The molecule has 11 heteroatoms. The molecule has 1 unspecified atom stereocenters. The van der Waals surface area contributed by atoms with Gasteiger partial charge in [-0.3, -0.25) is 9.59 Å². The number of urea groups is 1. The minimum Gasteiger partial charge on any atom is -0.391 e. The van der Waals surface area contributed by atoms with E-state index in [0.717, 1.165) is 29.7 Å². The number of halogens is 1. The Morgan fingerprint density at radius 2 is 1.80 bits per heavy atom. The number of carbonyl (C=O) groups is 3. The Morgan fingerprint density at radius 3 is 2.52 bits per heavy atom. The van der Waals surface area contributed by atoms with Crippen LogP contribution in [0, 0.1) is 11.2 Å². The van der Waals surface area contributed by atoms with Crippen LogP contribution in [-0.2, 0) is 16.0 Å². The van der Waals surface area contributed by atoms with E-state index in [0.29, 0.717) is 64.2 Å². The number of nitrogens with zero attached hydrogens (tertiary/aromatic N) is 4. The van der Waals surface area contributed by atoms with Crippen LogP contribution in [0.1, 0.15) is 75.1 Å². The van der Waals surface area contributed by atoms with Gasteiger partial charge in [-0.15, -0.1) is 11.8 Å². The Labute approximate surface area is 281 Å². The number of likely N-dealkylation sites (tertiary alicyclic amines) is 1. The summed E-state index contributed by atoms with van der Waals surface area (Å²) in [4.78, 5) is 48.1. The standard InChI is InChI=1S/C35H46FN5O4S.4H2/c1-35(2,3)15-20-41-32(44)29(46-33(41)26-8-6-9-27(36)31(26)39-18-14-25(42)22-39)21-30(43)38-16-12-24(13-17-38)40-19-11-23-7-4-5-10-28(23)37-34(40)45;;;;/h4-10,24-25,29,33,42H,11-22H2,1-3H3,(H,37,45);4*1H/t25-,29+,33?;;;;/m1..../s1. The molecule has 256 valence electrons. The van der Waals surface area contributed by atoms with Crippen molar-refractivity contribution in [3.63, 3.8) is 0 Å². The van der Waals surface area contributed by atoms with E-state index in [1.54, 1.807) is 6.07 Å². The van der Waals surface area contributed by atoms with Crippen LogP contribution in [0.5, 0.6) is 0 Å². The highest BCUT2D eigenvalue weighted by Gasteiger charge is 2.44. The Balaban J connectivity index is 0.00000217. The number of piperidine rings is 1. The van der Waals surface area contributed by atoms with Crippen LogP contribution in [0.15, 0.2) is 42.5 Å². The fourth-order valence-corrected chi connectivity index (χ4v) is 8.61. The van der Waals surface area contributed by atoms with Gasteiger partial charge < -0.3 is 30.0 Å². The molecule has 4 amide bonds. The number of rotatable bonds is 7. The van der Waals surface area contributed by atoms with Crippen LogP contribution >= 0.6 is 11.8 Å². The molecular weight excluding hydrogens is 605 g/mol. The first-order valence-electron chi connectivity index (χ1n) is 16.6. The maximum Gasteiger partial charge on any atom is 0.322 e. The van der Waals surface area contributed by atoms with Gasteiger partial charge in [0.25, 0.3) is 0 Å². The predicted octanol–water partition coefficient (Wildman–Crippen LogP) is 6.23. The number of hydrogen-bond acceptors (Lipinski definition) is 6. The van der Waals surface area contributed by atoms with Gasteiger partial charge in [-0.25, -0.2) is 9.18 Å². The molecule has 0 spiro atoms. The second-order valence-corrected chi connectivity index (χ2v) is 15.5. The van der Waals surface area contributed by atoms with Gasteiger partial charge in [0, 0.05) is 68.7 Å². The smallest absolute Gasteiger partial charge is 0.322 e. The molecule has 3 atom stereocenters. The van der Waals surface area contributed by atoms with Gasteiger partial charge in [0.05, 0.1) is 17.0 Å². The Bertz CT molecular complexity index is 1480. The van der Waals surface area contributed by atoms with Gasteiger partial charge >= 0.3 is 6.03 Å². The number of aliphatic hydroxyl groups is 1. The second kappa shape index (κ2) is 13.4. The van der Waals surface area contributed by atoms with Gasteiger partial charge in [0.15, 0.2) is 0 Å². The summed E-state index contributed by atoms with van der Waals surface area (Å²) in [6.45, 7) is 9.52. The molecule has 46 heavy (non-hydrogen) atoms. The summed E-state index contributed by atoms with van der Waals surface area (Å²) >= 11 is 1.44. The Morgan fingerprint density at radius 1 is 1.04 bits per heavy atom. The van der Waals surface area contributed by atoms with Crippen molar-refractivity contribution in [3.05, 3.63) is 59.4 Å². The monoisotopic (exact) mass is 659 g/mol. The first kappa shape index (κ1) is 32.6. The van der Waals surface area contributed by atoms with Crippen LogP contribution in [-0.4, -0.2) is 94.3 Å². The lowest BCUT2D eigenvalue weighted by atomic mass is 9.92. The van der Waals surface area contributed by atoms with Gasteiger partial charge in [0.2, 0.25) is 11.8 Å². The quantitative estimate of drug-likeness (QED) is 0.366. The summed E-state index contributed by atoms with van der Waals surface area (Å²) in [7, 11) is 0. The molecule has 0 aromatic heterocycles. The van der Waals surface area contributed by atoms with E-state index < -0.39 is 16.7 Å². The third kappa shape index (κ3) is 7.00. The molecule has 3 saturated heterocycles. The van der Waals surface area contributed by atoms with Crippen molar-refractivity contribution >= 4 is 41.0 Å². The summed E-state index contributed by atoms with van der Waals surface area (Å²) in [5.74, 6) is -0.504. The molecule has 0 aliphatic carbocycles. The molecule has 0 saturated carbocycles. The molecule has 9 nitrogen and oxygen atoms in total. The number of thioether (sulfide) groups is 1. The highest BCUT2D eigenvalue weighted by Crippen LogP contribution is 2.48. The zero-order valence-corrected chi connectivity index (χ0v) is 27.9. The highest BCUT2D eigenvalue weighted by atomic mass is 32.2. The summed E-state index contributed by atoms with van der Waals surface area (Å²) in [5.41, 5.74) is 3.14. The van der Waals surface area contributed by atoms with Crippen LogP contribution < -0.4 is 10.2 Å². The molecule has 6 rings (SSSR count). The molecule has 2 aromatic carbocycles. The average Bonchev–Trinajstić information content (AvgIpc) is 3.53. The van der Waals surface area contributed by atoms with Crippen molar-refractivity contribution in [1.29, 1.82) is 0 Å². The summed E-state index contributed by atoms with van der Waals surface area (Å²) in [6.07, 6.45) is 3.08. The first-order valence-corrected chi connectivity index (χ1v) is 17.5. The number of carbonyl (C=O) groups excluding carboxylic acids is 3. The van der Waals surface area contributed by atoms with Crippen LogP contribution in [0.3, 0.4) is 0 Å². The van der Waals surface area contributed by atoms with Crippen molar-refractivity contribution in [2.45, 2.75) is 82.1 Å². The topological polar surface area (TPSA) is 96.4 Å². The van der Waals surface area contributed by atoms with E-state index in [1.165, 1.54) is 17.8 Å². The number of amides is 4. The fourth-order valence-electron chi connectivity index (χ4n) is 7.11. The van der Waals surface area contributed by atoms with E-state index >= 15 is 4.39 Å². The Kier molecular flexibility index (Phi) is 9.53. The number of para-hydroxylation sites is 2. The van der Waals surface area contributed by atoms with Crippen molar-refractivity contribution in [3.8, 4) is 0 Å². The molecule has 3 fully saturated rings. The average molecular weight is 660 g/mol. The van der Waals surface area contributed by atoms with Crippen LogP contribution in [0.25, 0.3) is 0 Å². The van der Waals surface area contributed by atoms with E-state index in [2.05, 4.69) is 26.1 Å². The first-order chi connectivity index (χ1) is 22.0. The number of benzene rings is 2. The number of hydrogen-bond donors (Lipinski definition) is 2. The van der Waals surface area contributed by atoms with Gasteiger partial charge in [0.1, 0.15) is 11.2 Å². The predicted molar refractivity (Wildman–Crippen MR) is 188 cm³/mol. The van der Waals surface area contributed by atoms with Crippen molar-refractivity contribution in [1.82, 2.24) is 14.7 Å². The van der Waals surface area contributed by atoms with Gasteiger partial charge in [-0.05, 0) is 55.2 Å². The number of nitrogens with one attached hydrogen (secondary N) is 1. The number of fused-ring (bicyclic) bond motifs is 1. The molecular formula is C35H54FN5O4S. The zero-order valence-electron chi connectivity index (χ0n) is 27.1. The number of β-amino-alcohol motifs (C(OH)–C–C–N with tert-alkyl or cyclic N) is 1. The summed E-state index contributed by atoms with van der Waals surface area (Å²) < 4.78 is 15.4. The lowest BCUT2D eigenvalue weighted by Gasteiger charge is -2.38. The molecule has 0 bridgehead atoms. The SMILES string of the molecule is CC(C)(C)CCN1C(=O)[C@H](CC(=O)N2CCC(N3CCc4ccccc4NC3=O)CC2)SC1c1cccc(F)c1N1CC[C@@H](O)C1.[HH].[HH].[HH].[HH]. The van der Waals surface area contributed by atoms with Crippen LogP contribution in [0.2, 0.25) is 0 Å². The van der Waals surface area contributed by atoms with Crippen LogP contribution in [0.4, 0.5) is 20.6 Å². The minimum absolute atomic E-state index is 0. The largest absolute Gasteiger partial charge is 0.391 e. The molecule has 2 aromatic rings. The Hall–Kier alpha value is -3.31. The number of aliphatic hydroxyl groups excluding tert-OH is 1. The van der Waals surface area contributed by atoms with Crippen molar-refractivity contribution < 1.29 is 29.6 Å². The molecule has 2 N–H and O–H groups in total. The van der Waals surface area contributed by atoms with E-state index in [1.807, 2.05) is 49.9 Å². The maximum absolute atomic E-state index is 15.4. The molecule has 0 radical (unpaired) electrons. The van der Waals surface area contributed by atoms with E-state index in [4.69, 9.17) is 0 Å². The minimum atomic E-state index is -0.564. The van der Waals surface area contributed by atoms with Crippen molar-refractivity contribution in [2.75, 3.05) is 49.5 Å². The van der Waals surface area contributed by atoms with Gasteiger partial charge in [-0.1, -0.05) is 51.1 Å². The number of anilines is 2. The summed E-state index contributed by atoms with van der Waals surface area (Å²) in [6, 6.07) is 12.8. The van der Waals surface area contributed by atoms with Crippen molar-refractivity contribution in [2.24, 2.45) is 5.41 Å². The lowest BCUT2D eigenvalue weighted by molar-refractivity contribution is -0.137. The van der Waals surface area contributed by atoms with E-state index in [9.17, 15) is 19.5 Å². The zero-order chi connectivity index (χ0) is 32.6. The summed E-state index contributed by atoms with van der Waals surface area (Å²) in [5, 5.41) is 12.3. The third-order valence-corrected chi connectivity index (χ3v) is 11.2. The maximum atomic E-state index is 15.4. The third-order valence-electron chi connectivity index (χ3n) is 9.76. The van der Waals surface area contributed by atoms with E-state index in [-0.39, 0.29) is 47.2 Å².